The lowest BCUT2D eigenvalue weighted by atomic mass is 10.1. The molecule has 0 aliphatic rings. The molecule has 0 unspecified atom stereocenters. The molecule has 0 fully saturated rings. The van der Waals surface area contributed by atoms with Crippen molar-refractivity contribution < 1.29 is 9.13 Å². The van der Waals surface area contributed by atoms with Crippen molar-refractivity contribution in [2.24, 2.45) is 0 Å². The minimum Gasteiger partial charge on any atom is -0.492 e. The summed E-state index contributed by atoms with van der Waals surface area (Å²) in [5.41, 5.74) is 0.0211. The topological polar surface area (TPSA) is 33.0 Å². The highest BCUT2D eigenvalue weighted by molar-refractivity contribution is 7.17. The number of halogens is 1. The van der Waals surface area contributed by atoms with Gasteiger partial charge in [0, 0.05) is 0 Å². The predicted molar refractivity (Wildman–Crippen MR) is 53.1 cm³/mol. The van der Waals surface area contributed by atoms with Crippen molar-refractivity contribution in [3.63, 3.8) is 0 Å². The van der Waals surface area contributed by atoms with E-state index >= 15 is 0 Å². The maximum Gasteiger partial charge on any atom is 0.184 e. The Labute approximate surface area is 84.2 Å². The number of thiophene rings is 1. The molecule has 0 radical (unpaired) electrons. The number of benzene rings is 1. The standard InChI is InChI=1S/C10H6FNOS/c1-13-9-8(11)7(5-12)4-6-2-3-14-10(6)9/h2-4H,1H3. The Morgan fingerprint density at radius 3 is 3.00 bits per heavy atom. The van der Waals surface area contributed by atoms with Crippen LogP contribution in [0, 0.1) is 17.1 Å². The molecule has 0 saturated heterocycles. The van der Waals surface area contributed by atoms with Crippen LogP contribution in [-0.4, -0.2) is 7.11 Å². The van der Waals surface area contributed by atoms with Crippen LogP contribution in [-0.2, 0) is 0 Å². The Kier molecular flexibility index (Phi) is 2.10. The van der Waals surface area contributed by atoms with Crippen LogP contribution >= 0.6 is 11.3 Å². The molecule has 0 N–H and O–H groups in total. The molecular weight excluding hydrogens is 201 g/mol. The number of nitrogens with zero attached hydrogens (tertiary/aromatic N) is 1. The molecule has 0 bridgehead atoms. The van der Waals surface area contributed by atoms with Crippen LogP contribution in [0.5, 0.6) is 5.75 Å². The average molecular weight is 207 g/mol. The van der Waals surface area contributed by atoms with Crippen molar-refractivity contribution in [2.45, 2.75) is 0 Å². The molecule has 4 heteroatoms. The lowest BCUT2D eigenvalue weighted by Crippen LogP contribution is -1.91. The van der Waals surface area contributed by atoms with E-state index in [0.29, 0.717) is 0 Å². The van der Waals surface area contributed by atoms with Crippen LogP contribution in [0.1, 0.15) is 5.56 Å². The van der Waals surface area contributed by atoms with E-state index in [1.807, 2.05) is 11.4 Å². The minimum absolute atomic E-state index is 0.0211. The summed E-state index contributed by atoms with van der Waals surface area (Å²) in [5, 5.41) is 11.4. The third kappa shape index (κ3) is 1.14. The first-order valence-electron chi connectivity index (χ1n) is 3.91. The van der Waals surface area contributed by atoms with Crippen LogP contribution in [0.2, 0.25) is 0 Å². The van der Waals surface area contributed by atoms with Crippen molar-refractivity contribution in [3.05, 3.63) is 28.9 Å². The highest BCUT2D eigenvalue weighted by Crippen LogP contribution is 2.34. The molecule has 70 valence electrons. The number of methoxy groups -OCH3 is 1. The number of nitriles is 1. The molecular formula is C10H6FNOS. The second kappa shape index (κ2) is 3.28. The zero-order chi connectivity index (χ0) is 10.1. The molecule has 2 nitrogen and oxygen atoms in total. The quantitative estimate of drug-likeness (QED) is 0.720. The number of ether oxygens (including phenoxy) is 1. The first kappa shape index (κ1) is 8.97. The van der Waals surface area contributed by atoms with Gasteiger partial charge in [-0.05, 0) is 22.9 Å². The van der Waals surface area contributed by atoms with E-state index in [4.69, 9.17) is 10.00 Å². The molecule has 0 atom stereocenters. The molecule has 0 saturated carbocycles. The zero-order valence-electron chi connectivity index (χ0n) is 7.37. The highest BCUT2D eigenvalue weighted by atomic mass is 32.1. The van der Waals surface area contributed by atoms with Gasteiger partial charge in [-0.2, -0.15) is 5.26 Å². The summed E-state index contributed by atoms with van der Waals surface area (Å²) < 4.78 is 19.2. The van der Waals surface area contributed by atoms with Crippen molar-refractivity contribution in [2.75, 3.05) is 7.11 Å². The Morgan fingerprint density at radius 1 is 1.57 bits per heavy atom. The van der Waals surface area contributed by atoms with Gasteiger partial charge < -0.3 is 4.74 Å². The van der Waals surface area contributed by atoms with Crippen LogP contribution in [0.25, 0.3) is 10.1 Å². The van der Waals surface area contributed by atoms with Crippen molar-refractivity contribution in [1.29, 1.82) is 5.26 Å². The fourth-order valence-corrected chi connectivity index (χ4v) is 2.22. The van der Waals surface area contributed by atoms with E-state index in [2.05, 4.69) is 0 Å². The summed E-state index contributed by atoms with van der Waals surface area (Å²) in [6.45, 7) is 0. The molecule has 2 rings (SSSR count). The minimum atomic E-state index is -0.579. The number of fused-ring (bicyclic) bond motifs is 1. The lowest BCUT2D eigenvalue weighted by molar-refractivity contribution is 0.392. The number of hydrogen-bond acceptors (Lipinski definition) is 3. The molecule has 0 amide bonds. The van der Waals surface area contributed by atoms with Gasteiger partial charge in [0.15, 0.2) is 11.6 Å². The second-order valence-electron chi connectivity index (χ2n) is 2.72. The van der Waals surface area contributed by atoms with Crippen LogP contribution in [0.4, 0.5) is 4.39 Å². The van der Waals surface area contributed by atoms with Gasteiger partial charge in [-0.3, -0.25) is 0 Å². The fourth-order valence-electron chi connectivity index (χ4n) is 1.32. The third-order valence-corrected chi connectivity index (χ3v) is 2.89. The average Bonchev–Trinajstić information content (AvgIpc) is 2.64. The predicted octanol–water partition coefficient (Wildman–Crippen LogP) is 2.92. The molecule has 1 aromatic heterocycles. The Balaban J connectivity index is 2.89. The molecule has 0 spiro atoms. The summed E-state index contributed by atoms with van der Waals surface area (Å²) in [5.74, 6) is -0.418. The van der Waals surface area contributed by atoms with E-state index in [1.165, 1.54) is 24.5 Å². The summed E-state index contributed by atoms with van der Waals surface area (Å²) in [7, 11) is 1.40. The maximum absolute atomic E-state index is 13.5. The first-order valence-corrected chi connectivity index (χ1v) is 4.79. The number of hydrogen-bond donors (Lipinski definition) is 0. The van der Waals surface area contributed by atoms with Crippen LogP contribution in [0.15, 0.2) is 17.5 Å². The van der Waals surface area contributed by atoms with E-state index < -0.39 is 5.82 Å². The Morgan fingerprint density at radius 2 is 2.36 bits per heavy atom. The van der Waals surface area contributed by atoms with E-state index in [-0.39, 0.29) is 11.3 Å². The van der Waals surface area contributed by atoms with Gasteiger partial charge in [-0.15, -0.1) is 11.3 Å². The molecule has 1 heterocycles. The zero-order valence-corrected chi connectivity index (χ0v) is 8.19. The maximum atomic E-state index is 13.5. The van der Waals surface area contributed by atoms with Gasteiger partial charge in [0.05, 0.1) is 17.4 Å². The Hall–Kier alpha value is -1.60. The molecule has 14 heavy (non-hydrogen) atoms. The molecule has 0 aliphatic heterocycles. The largest absolute Gasteiger partial charge is 0.492 e. The monoisotopic (exact) mass is 207 g/mol. The SMILES string of the molecule is COc1c(F)c(C#N)cc2ccsc12. The first-order chi connectivity index (χ1) is 6.77. The van der Waals surface area contributed by atoms with Gasteiger partial charge in [0.1, 0.15) is 6.07 Å². The molecule has 1 aromatic carbocycles. The van der Waals surface area contributed by atoms with Crippen molar-refractivity contribution in [1.82, 2.24) is 0 Å². The van der Waals surface area contributed by atoms with Crippen molar-refractivity contribution in [3.8, 4) is 11.8 Å². The van der Waals surface area contributed by atoms with Crippen LogP contribution in [0.3, 0.4) is 0 Å². The summed E-state index contributed by atoms with van der Waals surface area (Å²) in [4.78, 5) is 0. The van der Waals surface area contributed by atoms with Gasteiger partial charge in [-0.1, -0.05) is 0 Å². The van der Waals surface area contributed by atoms with Crippen molar-refractivity contribution >= 4 is 21.4 Å². The Bertz CT molecular complexity index is 527. The summed E-state index contributed by atoms with van der Waals surface area (Å²) >= 11 is 1.40. The van der Waals surface area contributed by atoms with E-state index in [0.717, 1.165) is 10.1 Å². The van der Waals surface area contributed by atoms with E-state index in [9.17, 15) is 4.39 Å². The van der Waals surface area contributed by atoms with Gasteiger partial charge in [0.2, 0.25) is 0 Å². The van der Waals surface area contributed by atoms with Gasteiger partial charge in [0.25, 0.3) is 0 Å². The van der Waals surface area contributed by atoms with E-state index in [1.54, 1.807) is 6.07 Å². The summed E-state index contributed by atoms with van der Waals surface area (Å²) in [6, 6.07) is 5.17. The molecule has 2 aromatic rings. The highest BCUT2D eigenvalue weighted by Gasteiger charge is 2.14. The molecule has 0 aliphatic carbocycles. The van der Waals surface area contributed by atoms with Gasteiger partial charge in [-0.25, -0.2) is 4.39 Å². The number of rotatable bonds is 1. The summed E-state index contributed by atoms with van der Waals surface area (Å²) in [6.07, 6.45) is 0. The second-order valence-corrected chi connectivity index (χ2v) is 3.64. The van der Waals surface area contributed by atoms with Crippen LogP contribution < -0.4 is 4.74 Å². The normalized spacial score (nSPS) is 10.1. The fraction of sp³-hybridized carbons (Fsp3) is 0.100. The smallest absolute Gasteiger partial charge is 0.184 e. The van der Waals surface area contributed by atoms with Gasteiger partial charge >= 0.3 is 0 Å². The lowest BCUT2D eigenvalue weighted by Gasteiger charge is -2.04. The third-order valence-electron chi connectivity index (χ3n) is 1.96.